The number of ether oxygens (including phenoxy) is 2. The molecule has 29 heavy (non-hydrogen) atoms. The van der Waals surface area contributed by atoms with Gasteiger partial charge in [0.1, 0.15) is 6.04 Å². The van der Waals surface area contributed by atoms with E-state index in [4.69, 9.17) is 9.47 Å². The van der Waals surface area contributed by atoms with Crippen molar-refractivity contribution >= 4 is 11.9 Å². The molecule has 0 saturated carbocycles. The third-order valence-corrected chi connectivity index (χ3v) is 4.95. The number of rotatable bonds is 6. The van der Waals surface area contributed by atoms with Crippen LogP contribution in [0, 0.1) is 0 Å². The first-order valence-corrected chi connectivity index (χ1v) is 9.47. The Kier molecular flexibility index (Phi) is 6.54. The maximum atomic E-state index is 12.6. The van der Waals surface area contributed by atoms with Crippen LogP contribution in [0.1, 0.15) is 23.6 Å². The van der Waals surface area contributed by atoms with Crippen LogP contribution in [-0.4, -0.2) is 48.6 Å². The molecular weight excluding hydrogens is 372 g/mol. The molecule has 0 fully saturated rings. The number of fused-ring (bicyclic) bond motifs is 1. The number of aromatic nitrogens is 1. The van der Waals surface area contributed by atoms with Crippen LogP contribution in [0.5, 0.6) is 11.5 Å². The minimum atomic E-state index is -0.642. The van der Waals surface area contributed by atoms with Gasteiger partial charge in [0.2, 0.25) is 5.91 Å². The minimum absolute atomic E-state index is 0.237. The summed E-state index contributed by atoms with van der Waals surface area (Å²) < 4.78 is 10.7. The Balaban J connectivity index is 1.56. The molecule has 2 heterocycles. The first-order valence-electron chi connectivity index (χ1n) is 9.47. The fourth-order valence-corrected chi connectivity index (χ4v) is 3.24. The van der Waals surface area contributed by atoms with E-state index >= 15 is 0 Å². The van der Waals surface area contributed by atoms with Gasteiger partial charge in [0.05, 0.1) is 14.2 Å². The highest BCUT2D eigenvalue weighted by atomic mass is 16.5. The molecule has 0 spiro atoms. The van der Waals surface area contributed by atoms with Crippen LogP contribution >= 0.6 is 0 Å². The summed E-state index contributed by atoms with van der Waals surface area (Å²) in [5.74, 6) is 1.08. The van der Waals surface area contributed by atoms with Crippen molar-refractivity contribution in [3.63, 3.8) is 0 Å². The van der Waals surface area contributed by atoms with E-state index < -0.39 is 6.04 Å². The van der Waals surface area contributed by atoms with Gasteiger partial charge in [0.15, 0.2) is 11.5 Å². The zero-order valence-electron chi connectivity index (χ0n) is 16.9. The minimum Gasteiger partial charge on any atom is -0.493 e. The molecule has 2 aromatic rings. The Morgan fingerprint density at radius 3 is 2.45 bits per heavy atom. The highest BCUT2D eigenvalue weighted by Gasteiger charge is 2.25. The predicted octanol–water partition coefficient (Wildman–Crippen LogP) is 1.87. The average Bonchev–Trinajstić information content (AvgIpc) is 2.76. The van der Waals surface area contributed by atoms with E-state index in [-0.39, 0.29) is 11.9 Å². The molecular formula is C21H26N4O4. The van der Waals surface area contributed by atoms with Gasteiger partial charge in [-0.3, -0.25) is 9.78 Å². The highest BCUT2D eigenvalue weighted by molar-refractivity contribution is 5.86. The van der Waals surface area contributed by atoms with Crippen molar-refractivity contribution in [2.24, 2.45) is 0 Å². The molecule has 3 amide bonds. The number of methoxy groups -OCH3 is 2. The van der Waals surface area contributed by atoms with Crippen molar-refractivity contribution in [1.82, 2.24) is 20.5 Å². The smallest absolute Gasteiger partial charge is 0.318 e. The lowest BCUT2D eigenvalue weighted by atomic mass is 9.99. The van der Waals surface area contributed by atoms with Crippen molar-refractivity contribution in [3.8, 4) is 11.5 Å². The number of pyridine rings is 1. The molecule has 1 aliphatic rings. The summed E-state index contributed by atoms with van der Waals surface area (Å²) >= 11 is 0. The first-order chi connectivity index (χ1) is 14.0. The molecule has 0 saturated heterocycles. The fraction of sp³-hybridized carbons (Fsp3) is 0.381. The van der Waals surface area contributed by atoms with Crippen LogP contribution in [0.3, 0.4) is 0 Å². The lowest BCUT2D eigenvalue weighted by Crippen LogP contribution is -2.50. The second kappa shape index (κ2) is 9.27. The van der Waals surface area contributed by atoms with E-state index in [1.165, 1.54) is 0 Å². The highest BCUT2D eigenvalue weighted by Crippen LogP contribution is 2.33. The number of carbonyl (C=O) groups excluding carboxylic acids is 2. The van der Waals surface area contributed by atoms with Crippen LogP contribution in [0.25, 0.3) is 0 Å². The van der Waals surface area contributed by atoms with Crippen LogP contribution < -0.4 is 20.1 Å². The largest absolute Gasteiger partial charge is 0.493 e. The van der Waals surface area contributed by atoms with Gasteiger partial charge in [-0.05, 0) is 54.3 Å². The molecule has 0 radical (unpaired) electrons. The van der Waals surface area contributed by atoms with Gasteiger partial charge in [-0.25, -0.2) is 4.79 Å². The molecule has 0 unspecified atom stereocenters. The van der Waals surface area contributed by atoms with E-state index in [1.807, 2.05) is 24.3 Å². The van der Waals surface area contributed by atoms with Crippen molar-refractivity contribution in [2.75, 3.05) is 20.8 Å². The van der Waals surface area contributed by atoms with E-state index in [9.17, 15) is 9.59 Å². The molecule has 1 aromatic carbocycles. The third kappa shape index (κ3) is 4.96. The number of urea groups is 1. The summed E-state index contributed by atoms with van der Waals surface area (Å²) in [5, 5.41) is 5.59. The molecule has 8 nitrogen and oxygen atoms in total. The Bertz CT molecular complexity index is 872. The van der Waals surface area contributed by atoms with Crippen LogP contribution in [0.4, 0.5) is 4.79 Å². The molecule has 1 atom stereocenters. The van der Waals surface area contributed by atoms with Crippen molar-refractivity contribution < 1.29 is 19.1 Å². The van der Waals surface area contributed by atoms with E-state index in [0.717, 1.165) is 16.7 Å². The predicted molar refractivity (Wildman–Crippen MR) is 108 cm³/mol. The number of amides is 3. The van der Waals surface area contributed by atoms with Crippen LogP contribution in [0.15, 0.2) is 36.7 Å². The molecule has 8 heteroatoms. The van der Waals surface area contributed by atoms with Crippen molar-refractivity contribution in [3.05, 3.63) is 53.3 Å². The number of nitrogens with one attached hydrogen (secondary N) is 2. The first kappa shape index (κ1) is 20.4. The Hall–Kier alpha value is -3.29. The normalized spacial score (nSPS) is 13.8. The second-order valence-corrected chi connectivity index (χ2v) is 6.89. The standard InChI is InChI=1S/C21H26N4O4/c1-14(20(26)23-12-15-4-7-22-8-5-15)24-21(27)25-9-6-16-10-18(28-2)19(29-3)11-17(16)13-25/h4-5,7-8,10-11,14H,6,9,12-13H2,1-3H3,(H,23,26)(H,24,27)/t14-/m0/s1. The summed E-state index contributed by atoms with van der Waals surface area (Å²) in [5.41, 5.74) is 3.09. The molecule has 0 bridgehead atoms. The van der Waals surface area contributed by atoms with Gasteiger partial charge in [-0.2, -0.15) is 0 Å². The summed E-state index contributed by atoms with van der Waals surface area (Å²) in [6, 6.07) is 6.61. The van der Waals surface area contributed by atoms with Gasteiger partial charge in [0, 0.05) is 32.0 Å². The van der Waals surface area contributed by atoms with Gasteiger partial charge in [-0.1, -0.05) is 0 Å². The summed E-state index contributed by atoms with van der Waals surface area (Å²) in [7, 11) is 3.19. The third-order valence-electron chi connectivity index (χ3n) is 4.95. The summed E-state index contributed by atoms with van der Waals surface area (Å²) in [4.78, 5) is 30.6. The molecule has 1 aromatic heterocycles. The maximum Gasteiger partial charge on any atom is 0.318 e. The molecule has 0 aliphatic carbocycles. The zero-order chi connectivity index (χ0) is 20.8. The SMILES string of the molecule is COc1cc2c(cc1OC)CN(C(=O)N[C@@H](C)C(=O)NCc1ccncc1)CC2. The monoisotopic (exact) mass is 398 g/mol. The Morgan fingerprint density at radius 1 is 1.14 bits per heavy atom. The zero-order valence-corrected chi connectivity index (χ0v) is 16.9. The number of hydrogen-bond donors (Lipinski definition) is 2. The van der Waals surface area contributed by atoms with Gasteiger partial charge < -0.3 is 25.0 Å². The van der Waals surface area contributed by atoms with Gasteiger partial charge >= 0.3 is 6.03 Å². The maximum absolute atomic E-state index is 12.6. The Morgan fingerprint density at radius 2 is 1.79 bits per heavy atom. The topological polar surface area (TPSA) is 92.8 Å². The number of nitrogens with zero attached hydrogens (tertiary/aromatic N) is 2. The number of benzene rings is 1. The van der Waals surface area contributed by atoms with E-state index in [1.54, 1.807) is 38.4 Å². The van der Waals surface area contributed by atoms with Crippen molar-refractivity contribution in [2.45, 2.75) is 32.5 Å². The number of carbonyl (C=O) groups is 2. The van der Waals surface area contributed by atoms with Crippen LogP contribution in [-0.2, 0) is 24.3 Å². The van der Waals surface area contributed by atoms with E-state index in [0.29, 0.717) is 37.6 Å². The van der Waals surface area contributed by atoms with Gasteiger partial charge in [0.25, 0.3) is 0 Å². The average molecular weight is 398 g/mol. The Labute approximate surface area is 170 Å². The summed E-state index contributed by atoms with van der Waals surface area (Å²) in [6.07, 6.45) is 4.06. The van der Waals surface area contributed by atoms with E-state index in [2.05, 4.69) is 15.6 Å². The molecule has 1 aliphatic heterocycles. The lowest BCUT2D eigenvalue weighted by molar-refractivity contribution is -0.122. The molecule has 3 rings (SSSR count). The summed E-state index contributed by atoms with van der Waals surface area (Å²) in [6.45, 7) is 3.08. The molecule has 154 valence electrons. The molecule has 2 N–H and O–H groups in total. The second-order valence-electron chi connectivity index (χ2n) is 6.89. The lowest BCUT2D eigenvalue weighted by Gasteiger charge is -2.30. The van der Waals surface area contributed by atoms with Gasteiger partial charge in [-0.15, -0.1) is 0 Å². The fourth-order valence-electron chi connectivity index (χ4n) is 3.24. The van der Waals surface area contributed by atoms with Crippen LogP contribution in [0.2, 0.25) is 0 Å². The van der Waals surface area contributed by atoms with Crippen molar-refractivity contribution in [1.29, 1.82) is 0 Å². The quantitative estimate of drug-likeness (QED) is 0.775. The number of hydrogen-bond acceptors (Lipinski definition) is 5.